The van der Waals surface area contributed by atoms with Crippen molar-refractivity contribution in [3.63, 3.8) is 0 Å². The van der Waals surface area contributed by atoms with E-state index in [2.05, 4.69) is 69.0 Å². The minimum atomic E-state index is 0.345. The van der Waals surface area contributed by atoms with E-state index >= 15 is 0 Å². The number of hydrogen-bond acceptors (Lipinski definition) is 3. The molecule has 2 aromatic carbocycles. The predicted octanol–water partition coefficient (Wildman–Crippen LogP) is 4.64. The molecule has 2 N–H and O–H groups in total. The van der Waals surface area contributed by atoms with Crippen LogP contribution in [0.25, 0.3) is 10.8 Å². The zero-order valence-corrected chi connectivity index (χ0v) is 18.9. The van der Waals surface area contributed by atoms with Crippen LogP contribution < -0.4 is 10.6 Å². The third kappa shape index (κ3) is 5.17. The number of aliphatic imine (C=N–C) groups is 1. The number of nitrogens with one attached hydrogen (secondary N) is 2. The summed E-state index contributed by atoms with van der Waals surface area (Å²) in [5, 5.41) is 10.1. The molecule has 1 aromatic heterocycles. The van der Waals surface area contributed by atoms with Gasteiger partial charge in [0, 0.05) is 36.2 Å². The molecule has 1 aliphatic rings. The highest BCUT2D eigenvalue weighted by Crippen LogP contribution is 2.35. The topological polar surface area (TPSA) is 52.6 Å². The summed E-state index contributed by atoms with van der Waals surface area (Å²) in [5.41, 5.74) is 2.31. The molecule has 1 aliphatic heterocycles. The molecular weight excluding hydrogens is 406 g/mol. The number of piperidine rings is 1. The summed E-state index contributed by atoms with van der Waals surface area (Å²) in [7, 11) is 4.02. The van der Waals surface area contributed by atoms with Gasteiger partial charge in [0.1, 0.15) is 0 Å². The number of fused-ring (bicyclic) bond motifs is 1. The Morgan fingerprint density at radius 1 is 1.16 bits per heavy atom. The van der Waals surface area contributed by atoms with Crippen LogP contribution in [0.4, 0.5) is 0 Å². The van der Waals surface area contributed by atoms with Gasteiger partial charge in [0.15, 0.2) is 5.96 Å². The maximum atomic E-state index is 6.28. The van der Waals surface area contributed by atoms with Gasteiger partial charge < -0.3 is 10.6 Å². The number of pyridine rings is 1. The highest BCUT2D eigenvalue weighted by atomic mass is 35.5. The first-order valence-electron chi connectivity index (χ1n) is 10.9. The first-order valence-corrected chi connectivity index (χ1v) is 11.3. The van der Waals surface area contributed by atoms with Crippen LogP contribution in [0.3, 0.4) is 0 Å². The predicted molar refractivity (Wildman–Crippen MR) is 129 cm³/mol. The fourth-order valence-corrected chi connectivity index (χ4v) is 4.83. The summed E-state index contributed by atoms with van der Waals surface area (Å²) >= 11 is 6.28. The second-order valence-electron chi connectivity index (χ2n) is 8.17. The molecule has 3 aromatic rings. The molecule has 0 spiro atoms. The fraction of sp³-hybridized carbons (Fsp3) is 0.360. The van der Waals surface area contributed by atoms with Gasteiger partial charge in [0.05, 0.1) is 12.2 Å². The Kier molecular flexibility index (Phi) is 7.05. The van der Waals surface area contributed by atoms with Gasteiger partial charge in [-0.05, 0) is 61.5 Å². The van der Waals surface area contributed by atoms with Crippen LogP contribution in [-0.4, -0.2) is 43.0 Å². The van der Waals surface area contributed by atoms with Crippen molar-refractivity contribution in [3.05, 3.63) is 77.1 Å². The van der Waals surface area contributed by atoms with Crippen molar-refractivity contribution < 1.29 is 0 Å². The van der Waals surface area contributed by atoms with Gasteiger partial charge in [0.2, 0.25) is 0 Å². The van der Waals surface area contributed by atoms with E-state index < -0.39 is 0 Å². The molecule has 5 nitrogen and oxygen atoms in total. The molecule has 1 fully saturated rings. The van der Waals surface area contributed by atoms with Gasteiger partial charge in [-0.1, -0.05) is 48.0 Å². The van der Waals surface area contributed by atoms with Crippen molar-refractivity contribution in [2.45, 2.75) is 25.4 Å². The second-order valence-corrected chi connectivity index (χ2v) is 8.60. The first kappa shape index (κ1) is 21.6. The summed E-state index contributed by atoms with van der Waals surface area (Å²) in [6, 6.07) is 19.0. The lowest BCUT2D eigenvalue weighted by Crippen LogP contribution is -2.45. The van der Waals surface area contributed by atoms with Crippen LogP contribution in [0.5, 0.6) is 0 Å². The Hall–Kier alpha value is -2.63. The smallest absolute Gasteiger partial charge is 0.191 e. The molecular formula is C25H30ClN5. The molecule has 0 aliphatic carbocycles. The Bertz CT molecular complexity index is 1050. The van der Waals surface area contributed by atoms with E-state index in [0.29, 0.717) is 18.5 Å². The van der Waals surface area contributed by atoms with Crippen LogP contribution >= 0.6 is 11.6 Å². The Balaban J connectivity index is 1.41. The molecule has 4 rings (SSSR count). The number of benzene rings is 2. The van der Waals surface area contributed by atoms with Crippen molar-refractivity contribution in [3.8, 4) is 0 Å². The summed E-state index contributed by atoms with van der Waals surface area (Å²) in [5.74, 6) is 1.28. The number of likely N-dealkylation sites (tertiary alicyclic amines) is 1. The summed E-state index contributed by atoms with van der Waals surface area (Å²) in [6.07, 6.45) is 4.24. The lowest BCUT2D eigenvalue weighted by Gasteiger charge is -2.40. The first-order chi connectivity index (χ1) is 15.2. The van der Waals surface area contributed by atoms with E-state index in [0.717, 1.165) is 29.8 Å². The quantitative estimate of drug-likeness (QED) is 0.453. The van der Waals surface area contributed by atoms with E-state index in [1.807, 2.05) is 31.4 Å². The van der Waals surface area contributed by atoms with Crippen LogP contribution in [0.15, 0.2) is 65.8 Å². The van der Waals surface area contributed by atoms with Crippen molar-refractivity contribution in [2.75, 3.05) is 27.2 Å². The number of halogens is 1. The maximum absolute atomic E-state index is 6.28. The van der Waals surface area contributed by atoms with Crippen LogP contribution in [0.1, 0.15) is 30.1 Å². The zero-order valence-electron chi connectivity index (χ0n) is 18.2. The fourth-order valence-electron chi connectivity index (χ4n) is 4.63. The van der Waals surface area contributed by atoms with Gasteiger partial charge >= 0.3 is 0 Å². The SMILES string of the molecule is CN=C(NCc1nccc2ccccc12)NCC1CCCN(C)C1c1cccc(Cl)c1. The molecule has 0 amide bonds. The van der Waals surface area contributed by atoms with Gasteiger partial charge in [-0.15, -0.1) is 0 Å². The van der Waals surface area contributed by atoms with E-state index in [4.69, 9.17) is 11.6 Å². The van der Waals surface area contributed by atoms with E-state index in [1.54, 1.807) is 0 Å². The van der Waals surface area contributed by atoms with Crippen LogP contribution in [0, 0.1) is 5.92 Å². The monoisotopic (exact) mass is 435 g/mol. The van der Waals surface area contributed by atoms with Gasteiger partial charge in [-0.3, -0.25) is 14.9 Å². The average molecular weight is 436 g/mol. The molecule has 6 heteroatoms. The van der Waals surface area contributed by atoms with Crippen LogP contribution in [-0.2, 0) is 6.54 Å². The molecule has 0 saturated carbocycles. The Labute approximate surface area is 189 Å². The largest absolute Gasteiger partial charge is 0.356 e. The molecule has 2 atom stereocenters. The Morgan fingerprint density at radius 2 is 2.03 bits per heavy atom. The highest BCUT2D eigenvalue weighted by molar-refractivity contribution is 6.30. The normalized spacial score (nSPS) is 20.0. The van der Waals surface area contributed by atoms with Gasteiger partial charge in [-0.2, -0.15) is 0 Å². The third-order valence-electron chi connectivity index (χ3n) is 6.13. The van der Waals surface area contributed by atoms with E-state index in [1.165, 1.54) is 29.2 Å². The number of guanidine groups is 1. The molecule has 0 radical (unpaired) electrons. The molecule has 2 heterocycles. The van der Waals surface area contributed by atoms with Crippen molar-refractivity contribution in [1.82, 2.24) is 20.5 Å². The standard InChI is InChI=1S/C25H30ClN5/c1-27-25(30-17-23-22-11-4-3-7-18(22)12-13-28-23)29-16-20-9-6-14-31(2)24(20)19-8-5-10-21(26)15-19/h3-5,7-8,10-13,15,20,24H,6,9,14,16-17H2,1-2H3,(H2,27,29,30). The zero-order chi connectivity index (χ0) is 21.6. The minimum absolute atomic E-state index is 0.345. The average Bonchev–Trinajstić information content (AvgIpc) is 2.79. The number of rotatable bonds is 5. The highest BCUT2D eigenvalue weighted by Gasteiger charge is 2.30. The van der Waals surface area contributed by atoms with Crippen LogP contribution in [0.2, 0.25) is 5.02 Å². The molecule has 1 saturated heterocycles. The number of nitrogens with zero attached hydrogens (tertiary/aromatic N) is 3. The number of hydrogen-bond donors (Lipinski definition) is 2. The van der Waals surface area contributed by atoms with Crippen molar-refractivity contribution >= 4 is 28.3 Å². The van der Waals surface area contributed by atoms with Crippen molar-refractivity contribution in [2.24, 2.45) is 10.9 Å². The lowest BCUT2D eigenvalue weighted by atomic mass is 9.85. The molecule has 0 bridgehead atoms. The maximum Gasteiger partial charge on any atom is 0.191 e. The van der Waals surface area contributed by atoms with E-state index in [-0.39, 0.29) is 0 Å². The second kappa shape index (κ2) is 10.1. The molecule has 31 heavy (non-hydrogen) atoms. The summed E-state index contributed by atoms with van der Waals surface area (Å²) in [6.45, 7) is 2.58. The summed E-state index contributed by atoms with van der Waals surface area (Å²) < 4.78 is 0. The van der Waals surface area contributed by atoms with Gasteiger partial charge in [-0.25, -0.2) is 0 Å². The number of aromatic nitrogens is 1. The Morgan fingerprint density at radius 3 is 2.87 bits per heavy atom. The lowest BCUT2D eigenvalue weighted by molar-refractivity contribution is 0.122. The van der Waals surface area contributed by atoms with Gasteiger partial charge in [0.25, 0.3) is 0 Å². The molecule has 2 unspecified atom stereocenters. The molecule has 162 valence electrons. The minimum Gasteiger partial charge on any atom is -0.356 e. The van der Waals surface area contributed by atoms with E-state index in [9.17, 15) is 0 Å². The van der Waals surface area contributed by atoms with Crippen molar-refractivity contribution in [1.29, 1.82) is 0 Å². The summed E-state index contributed by atoms with van der Waals surface area (Å²) in [4.78, 5) is 11.4. The third-order valence-corrected chi connectivity index (χ3v) is 6.37.